The highest BCUT2D eigenvalue weighted by Crippen LogP contribution is 2.43. The van der Waals surface area contributed by atoms with Crippen LogP contribution in [0.1, 0.15) is 12.0 Å². The molecule has 1 heterocycles. The van der Waals surface area contributed by atoms with Crippen LogP contribution in [0.2, 0.25) is 0 Å². The van der Waals surface area contributed by atoms with Gasteiger partial charge in [0.15, 0.2) is 0 Å². The van der Waals surface area contributed by atoms with Crippen molar-refractivity contribution in [3.8, 4) is 17.2 Å². The smallest absolute Gasteiger partial charge is 0.132 e. The average Bonchev–Trinajstić information content (AvgIpc) is 2.84. The average molecular weight is 253 g/mol. The maximum absolute atomic E-state index is 10.7. The van der Waals surface area contributed by atoms with Crippen LogP contribution in [0.5, 0.6) is 17.2 Å². The third kappa shape index (κ3) is 2.11. The molecule has 1 aromatic carbocycles. The predicted octanol–water partition coefficient (Wildman–Crippen LogP) is 0.893. The molecule has 5 heteroatoms. The molecule has 1 fully saturated rings. The van der Waals surface area contributed by atoms with Crippen LogP contribution < -0.4 is 19.5 Å². The minimum absolute atomic E-state index is 0.492. The van der Waals surface area contributed by atoms with E-state index >= 15 is 0 Å². The zero-order valence-electron chi connectivity index (χ0n) is 10.9. The second-order valence-electron chi connectivity index (χ2n) is 4.37. The normalized spacial score (nSPS) is 22.9. The fourth-order valence-electron chi connectivity index (χ4n) is 2.36. The van der Waals surface area contributed by atoms with Gasteiger partial charge in [-0.3, -0.25) is 0 Å². The Hall–Kier alpha value is -1.46. The van der Waals surface area contributed by atoms with Crippen LogP contribution in [0.3, 0.4) is 0 Å². The van der Waals surface area contributed by atoms with Crippen LogP contribution in [0, 0.1) is 0 Å². The summed E-state index contributed by atoms with van der Waals surface area (Å²) in [6.45, 7) is 1.26. The third-order valence-corrected chi connectivity index (χ3v) is 3.31. The number of ether oxygens (including phenoxy) is 3. The molecule has 5 nitrogen and oxygen atoms in total. The number of hydrogen-bond acceptors (Lipinski definition) is 5. The molecule has 0 saturated carbocycles. The molecule has 1 saturated heterocycles. The Morgan fingerprint density at radius 2 is 1.72 bits per heavy atom. The molecule has 2 N–H and O–H groups in total. The Bertz CT molecular complexity index is 402. The Labute approximate surface area is 107 Å². The zero-order valence-corrected chi connectivity index (χ0v) is 10.9. The molecule has 0 amide bonds. The Kier molecular flexibility index (Phi) is 3.63. The minimum atomic E-state index is -0.955. The fraction of sp³-hybridized carbons (Fsp3) is 0.538. The van der Waals surface area contributed by atoms with Gasteiger partial charge in [-0.15, -0.1) is 0 Å². The van der Waals surface area contributed by atoms with Gasteiger partial charge in [-0.25, -0.2) is 0 Å². The first-order valence-corrected chi connectivity index (χ1v) is 5.88. The lowest BCUT2D eigenvalue weighted by Crippen LogP contribution is -2.29. The molecular weight excluding hydrogens is 234 g/mol. The monoisotopic (exact) mass is 253 g/mol. The van der Waals surface area contributed by atoms with E-state index in [-0.39, 0.29) is 0 Å². The maximum atomic E-state index is 10.7. The van der Waals surface area contributed by atoms with Crippen LogP contribution in [0.25, 0.3) is 0 Å². The summed E-state index contributed by atoms with van der Waals surface area (Å²) in [6.07, 6.45) is 0.631. The molecule has 1 aromatic rings. The van der Waals surface area contributed by atoms with E-state index in [1.807, 2.05) is 0 Å². The van der Waals surface area contributed by atoms with Gasteiger partial charge in [-0.2, -0.15) is 0 Å². The van der Waals surface area contributed by atoms with Crippen LogP contribution in [0.15, 0.2) is 12.1 Å². The van der Waals surface area contributed by atoms with E-state index in [0.717, 1.165) is 6.54 Å². The van der Waals surface area contributed by atoms with E-state index in [9.17, 15) is 5.11 Å². The van der Waals surface area contributed by atoms with Gasteiger partial charge in [0.1, 0.15) is 22.8 Å². The van der Waals surface area contributed by atoms with E-state index in [2.05, 4.69) is 5.32 Å². The summed E-state index contributed by atoms with van der Waals surface area (Å²) < 4.78 is 15.9. The Balaban J connectivity index is 2.56. The van der Waals surface area contributed by atoms with Crippen LogP contribution in [0.4, 0.5) is 0 Å². The minimum Gasteiger partial charge on any atom is -0.496 e. The molecule has 0 spiro atoms. The zero-order chi connectivity index (χ0) is 13.2. The summed E-state index contributed by atoms with van der Waals surface area (Å²) in [7, 11) is 4.73. The summed E-state index contributed by atoms with van der Waals surface area (Å²) in [5.74, 6) is 1.80. The van der Waals surface area contributed by atoms with Gasteiger partial charge in [0.25, 0.3) is 0 Å². The molecule has 100 valence electrons. The first-order chi connectivity index (χ1) is 8.64. The van der Waals surface area contributed by atoms with Crippen LogP contribution in [-0.4, -0.2) is 39.5 Å². The summed E-state index contributed by atoms with van der Waals surface area (Å²) in [6, 6.07) is 3.52. The second-order valence-corrected chi connectivity index (χ2v) is 4.37. The first kappa shape index (κ1) is 13.0. The topological polar surface area (TPSA) is 60.0 Å². The lowest BCUT2D eigenvalue weighted by atomic mass is 9.91. The number of rotatable bonds is 4. The van der Waals surface area contributed by atoms with Gasteiger partial charge < -0.3 is 24.6 Å². The van der Waals surface area contributed by atoms with Crippen molar-refractivity contribution in [3.63, 3.8) is 0 Å². The largest absolute Gasteiger partial charge is 0.496 e. The highest BCUT2D eigenvalue weighted by atomic mass is 16.5. The third-order valence-electron chi connectivity index (χ3n) is 3.31. The van der Waals surface area contributed by atoms with Gasteiger partial charge in [0.05, 0.1) is 26.9 Å². The number of methoxy groups -OCH3 is 3. The Morgan fingerprint density at radius 3 is 2.11 bits per heavy atom. The van der Waals surface area contributed by atoms with Crippen molar-refractivity contribution in [2.24, 2.45) is 0 Å². The molecule has 0 aromatic heterocycles. The fourth-order valence-corrected chi connectivity index (χ4v) is 2.36. The van der Waals surface area contributed by atoms with Crippen molar-refractivity contribution in [3.05, 3.63) is 17.7 Å². The lowest BCUT2D eigenvalue weighted by Gasteiger charge is -2.26. The van der Waals surface area contributed by atoms with E-state index in [1.165, 1.54) is 0 Å². The lowest BCUT2D eigenvalue weighted by molar-refractivity contribution is 0.0532. The number of aliphatic hydroxyl groups is 1. The number of hydrogen-bond donors (Lipinski definition) is 2. The van der Waals surface area contributed by atoms with Gasteiger partial charge in [-0.1, -0.05) is 0 Å². The maximum Gasteiger partial charge on any atom is 0.132 e. The van der Waals surface area contributed by atoms with Gasteiger partial charge in [0, 0.05) is 18.7 Å². The molecular formula is C13H19NO4. The standard InChI is InChI=1S/C13H19NO4/c1-16-9-6-10(17-2)12(11(7-9)18-3)13(15)4-5-14-8-13/h6-7,14-15H,4-5,8H2,1-3H3. The molecule has 1 atom stereocenters. The van der Waals surface area contributed by atoms with E-state index in [4.69, 9.17) is 14.2 Å². The van der Waals surface area contributed by atoms with Crippen molar-refractivity contribution < 1.29 is 19.3 Å². The van der Waals surface area contributed by atoms with Crippen molar-refractivity contribution >= 4 is 0 Å². The SMILES string of the molecule is COc1cc(OC)c(C2(O)CCNC2)c(OC)c1. The molecule has 1 aliphatic rings. The van der Waals surface area contributed by atoms with E-state index < -0.39 is 5.60 Å². The molecule has 18 heavy (non-hydrogen) atoms. The van der Waals surface area contributed by atoms with E-state index in [0.29, 0.717) is 35.8 Å². The first-order valence-electron chi connectivity index (χ1n) is 5.88. The van der Waals surface area contributed by atoms with Gasteiger partial charge in [0.2, 0.25) is 0 Å². The van der Waals surface area contributed by atoms with Gasteiger partial charge >= 0.3 is 0 Å². The summed E-state index contributed by atoms with van der Waals surface area (Å²) in [5.41, 5.74) is -0.276. The van der Waals surface area contributed by atoms with Gasteiger partial charge in [-0.05, 0) is 13.0 Å². The highest BCUT2D eigenvalue weighted by molar-refractivity contribution is 5.54. The van der Waals surface area contributed by atoms with E-state index in [1.54, 1.807) is 33.5 Å². The van der Waals surface area contributed by atoms with Crippen LogP contribution >= 0.6 is 0 Å². The Morgan fingerprint density at radius 1 is 1.11 bits per heavy atom. The molecule has 0 bridgehead atoms. The van der Waals surface area contributed by atoms with Crippen molar-refractivity contribution in [1.82, 2.24) is 5.32 Å². The van der Waals surface area contributed by atoms with Crippen LogP contribution in [-0.2, 0) is 5.60 Å². The molecule has 1 unspecified atom stereocenters. The summed E-state index contributed by atoms with van der Waals surface area (Å²) in [5, 5.41) is 13.8. The van der Waals surface area contributed by atoms with Crippen molar-refractivity contribution in [2.45, 2.75) is 12.0 Å². The second kappa shape index (κ2) is 5.04. The highest BCUT2D eigenvalue weighted by Gasteiger charge is 2.38. The molecule has 0 radical (unpaired) electrons. The number of benzene rings is 1. The van der Waals surface area contributed by atoms with Crippen molar-refractivity contribution in [1.29, 1.82) is 0 Å². The number of nitrogens with one attached hydrogen (secondary N) is 1. The van der Waals surface area contributed by atoms with Crippen molar-refractivity contribution in [2.75, 3.05) is 34.4 Å². The number of β-amino-alcohol motifs (C(OH)–C–C–N with tert-alkyl or cyclic N) is 1. The predicted molar refractivity (Wildman–Crippen MR) is 67.5 cm³/mol. The quantitative estimate of drug-likeness (QED) is 0.834. The molecule has 0 aliphatic carbocycles. The molecule has 2 rings (SSSR count). The summed E-state index contributed by atoms with van der Waals surface area (Å²) >= 11 is 0. The summed E-state index contributed by atoms with van der Waals surface area (Å²) in [4.78, 5) is 0. The molecule has 1 aliphatic heterocycles.